The van der Waals surface area contributed by atoms with Crippen LogP contribution < -0.4 is 0 Å². The Hall–Kier alpha value is 0.01000. The van der Waals surface area contributed by atoms with Gasteiger partial charge in [0.05, 0.1) is 0 Å². The molecular weight excluding hydrogens is 178 g/mol. The monoisotopic (exact) mass is 178 g/mol. The van der Waals surface area contributed by atoms with Gasteiger partial charge < -0.3 is 5.11 Å². The minimum atomic E-state index is -1.36. The maximum Gasteiger partial charge on any atom is 0.401 e. The van der Waals surface area contributed by atoms with E-state index in [1.54, 1.807) is 0 Å². The summed E-state index contributed by atoms with van der Waals surface area (Å²) in [6, 6.07) is 0. The molecule has 0 atom stereocenters. The maximum atomic E-state index is 8.98. The number of carbonyl (C=O) groups is 2. The summed E-state index contributed by atoms with van der Waals surface area (Å²) >= 11 is 13.0. The van der Waals surface area contributed by atoms with Crippen LogP contribution in [0.3, 0.4) is 0 Å². The molecule has 0 rings (SSSR count). The molecule has 0 saturated carbocycles. The summed E-state index contributed by atoms with van der Waals surface area (Å²) in [5.74, 6) is 0. The molecule has 48 valence electrons. The molecule has 0 saturated heterocycles. The van der Waals surface area contributed by atoms with E-state index in [1.165, 1.54) is 0 Å². The van der Waals surface area contributed by atoms with Gasteiger partial charge in [-0.05, 0) is 23.2 Å². The van der Waals surface area contributed by atoms with Crippen molar-refractivity contribution in [3.8, 4) is 0 Å². The van der Waals surface area contributed by atoms with Gasteiger partial charge in [-0.25, -0.2) is 4.79 Å². The van der Waals surface area contributed by atoms with Crippen LogP contribution in [-0.4, -0.2) is 15.2 Å². The van der Waals surface area contributed by atoms with Crippen molar-refractivity contribution in [2.45, 2.75) is 0 Å². The lowest BCUT2D eigenvalue weighted by Crippen LogP contribution is -1.66. The average Bonchev–Trinajstić information content (AvgIpc) is 1.25. The number of halogens is 3. The molecule has 1 N–H and O–H groups in total. The second-order valence-electron chi connectivity index (χ2n) is 0.479. The van der Waals surface area contributed by atoms with Crippen LogP contribution in [0.1, 0.15) is 0 Å². The molecule has 0 bridgehead atoms. The molecule has 3 nitrogen and oxygen atoms in total. The minimum Gasteiger partial charge on any atom is -0.469 e. The largest absolute Gasteiger partial charge is 0.469 e. The Balaban J connectivity index is 0. The molecule has 0 amide bonds. The van der Waals surface area contributed by atoms with Gasteiger partial charge in [-0.1, -0.05) is 0 Å². The molecule has 6 heteroatoms. The van der Waals surface area contributed by atoms with E-state index in [-0.39, 0.29) is 0 Å². The van der Waals surface area contributed by atoms with Gasteiger partial charge >= 0.3 is 10.1 Å². The van der Waals surface area contributed by atoms with Gasteiger partial charge in [-0.3, -0.25) is 4.79 Å². The number of carbonyl (C=O) groups excluding carboxylic acids is 1. The minimum absolute atomic E-state index is 0.889. The van der Waals surface area contributed by atoms with E-state index < -0.39 is 10.1 Å². The van der Waals surface area contributed by atoms with Crippen molar-refractivity contribution in [2.24, 2.45) is 0 Å². The summed E-state index contributed by atoms with van der Waals surface area (Å²) in [7, 11) is 0. The molecule has 0 unspecified atom stereocenters. The van der Waals surface area contributed by atoms with Crippen molar-refractivity contribution >= 4 is 44.9 Å². The fraction of sp³-hybridized carbons (Fsp3) is 0. The molecule has 0 aliphatic heterocycles. The van der Waals surface area contributed by atoms with E-state index in [1.807, 2.05) is 0 Å². The molecule has 0 aliphatic rings. The van der Waals surface area contributed by atoms with Crippen LogP contribution >= 0.6 is 34.8 Å². The van der Waals surface area contributed by atoms with Gasteiger partial charge in [-0.15, -0.1) is 0 Å². The van der Waals surface area contributed by atoms with Gasteiger partial charge in [0.15, 0.2) is 0 Å². The highest BCUT2D eigenvalue weighted by atomic mass is 35.5. The first-order valence-corrected chi connectivity index (χ1v) is 2.33. The van der Waals surface area contributed by atoms with Crippen LogP contribution in [0.2, 0.25) is 0 Å². The third kappa shape index (κ3) is 1510000. The highest BCUT2D eigenvalue weighted by Gasteiger charge is 1.72. The Morgan fingerprint density at radius 2 is 1.12 bits per heavy atom. The average molecular weight is 179 g/mol. The number of hydrogen-bond acceptors (Lipinski definition) is 2. The Morgan fingerprint density at radius 1 is 1.12 bits per heavy atom. The molecule has 0 radical (unpaired) electrons. The second-order valence-corrected chi connectivity index (χ2v) is 1.68. The van der Waals surface area contributed by atoms with Crippen molar-refractivity contribution in [3.05, 3.63) is 0 Å². The van der Waals surface area contributed by atoms with Crippen LogP contribution in [0.15, 0.2) is 0 Å². The molecule has 0 aromatic rings. The lowest BCUT2D eigenvalue weighted by atomic mass is 11.6. The fourth-order valence-electron chi connectivity index (χ4n) is 0. The molecule has 0 aromatic carbocycles. The lowest BCUT2D eigenvalue weighted by Gasteiger charge is -1.55. The van der Waals surface area contributed by atoms with Crippen molar-refractivity contribution in [2.75, 3.05) is 0 Å². The first kappa shape index (κ1) is 10.9. The van der Waals surface area contributed by atoms with E-state index in [9.17, 15) is 0 Å². The summed E-state index contributed by atoms with van der Waals surface area (Å²) < 4.78 is -0.889. The van der Waals surface area contributed by atoms with Crippen LogP contribution in [0, 0.1) is 0 Å². The third-order valence-electron chi connectivity index (χ3n) is 0. The number of hydrogen-bond donors (Lipinski definition) is 1. The Morgan fingerprint density at radius 3 is 1.12 bits per heavy atom. The van der Waals surface area contributed by atoms with E-state index in [0.29, 0.717) is 0 Å². The maximum absolute atomic E-state index is 8.98. The Labute approximate surface area is 60.1 Å². The van der Waals surface area contributed by atoms with E-state index in [2.05, 4.69) is 34.8 Å². The first-order chi connectivity index (χ1) is 3.46. The molecule has 0 aromatic heterocycles. The van der Waals surface area contributed by atoms with Crippen molar-refractivity contribution in [3.63, 3.8) is 0 Å². The normalized spacial score (nSPS) is 6.38. The zero-order valence-corrected chi connectivity index (χ0v) is 5.67. The third-order valence-corrected chi connectivity index (χ3v) is 0. The van der Waals surface area contributed by atoms with Crippen LogP contribution in [0.5, 0.6) is 0 Å². The summed E-state index contributed by atoms with van der Waals surface area (Å²) in [5, 5.41) is 7.18. The fourth-order valence-corrected chi connectivity index (χ4v) is 0. The number of rotatable bonds is 0. The Kier molecular flexibility index (Phi) is 9.55. The second kappa shape index (κ2) is 7.01. The highest BCUT2D eigenvalue weighted by Crippen LogP contribution is 1.84. The van der Waals surface area contributed by atoms with Gasteiger partial charge in [0, 0.05) is 11.6 Å². The predicted molar refractivity (Wildman–Crippen MR) is 31.0 cm³/mol. The quantitative estimate of drug-likeness (QED) is 0.581. The van der Waals surface area contributed by atoms with E-state index in [0.717, 1.165) is 0 Å². The van der Waals surface area contributed by atoms with Gasteiger partial charge in [0.2, 0.25) is 0 Å². The van der Waals surface area contributed by atoms with Gasteiger partial charge in [-0.2, -0.15) is 0 Å². The summed E-state index contributed by atoms with van der Waals surface area (Å²) in [4.78, 5) is 17.7. The standard InChI is InChI=1S/CCl2O.CHClO2/c2*2-1(3)4/h;(H,3,4). The predicted octanol–water partition coefficient (Wildman–Crippen LogP) is 2.49. The zero-order valence-electron chi connectivity index (χ0n) is 3.40. The molecular formula is C2HCl3O3. The van der Waals surface area contributed by atoms with Gasteiger partial charge in [0.25, 0.3) is 0 Å². The SMILES string of the molecule is O=C(Cl)Cl.O=C(O)Cl. The summed E-state index contributed by atoms with van der Waals surface area (Å²) in [5.41, 5.74) is -1.36. The van der Waals surface area contributed by atoms with Gasteiger partial charge in [0.1, 0.15) is 0 Å². The summed E-state index contributed by atoms with van der Waals surface area (Å²) in [6.45, 7) is 0. The smallest absolute Gasteiger partial charge is 0.401 e. The molecule has 0 fully saturated rings. The van der Waals surface area contributed by atoms with E-state index in [4.69, 9.17) is 14.7 Å². The van der Waals surface area contributed by atoms with Crippen LogP contribution in [0.4, 0.5) is 9.59 Å². The lowest BCUT2D eigenvalue weighted by molar-refractivity contribution is 0.220. The van der Waals surface area contributed by atoms with Crippen molar-refractivity contribution in [1.82, 2.24) is 0 Å². The van der Waals surface area contributed by atoms with Crippen molar-refractivity contribution < 1.29 is 14.7 Å². The summed E-state index contributed by atoms with van der Waals surface area (Å²) in [6.07, 6.45) is 0. The highest BCUT2D eigenvalue weighted by molar-refractivity contribution is 6.93. The topological polar surface area (TPSA) is 54.4 Å². The van der Waals surface area contributed by atoms with Crippen molar-refractivity contribution in [1.29, 1.82) is 0 Å². The van der Waals surface area contributed by atoms with Crippen LogP contribution in [0.25, 0.3) is 0 Å². The number of carboxylic acid groups (broad SMARTS) is 1. The first-order valence-electron chi connectivity index (χ1n) is 1.20. The Bertz CT molecular complexity index is 70.5. The van der Waals surface area contributed by atoms with Crippen LogP contribution in [-0.2, 0) is 0 Å². The molecule has 0 heterocycles. The molecule has 0 spiro atoms. The molecule has 8 heavy (non-hydrogen) atoms. The molecule has 0 aliphatic carbocycles. The van der Waals surface area contributed by atoms with E-state index >= 15 is 0 Å². The zero-order chi connectivity index (χ0) is 7.15.